The summed E-state index contributed by atoms with van der Waals surface area (Å²) in [4.78, 5) is 57.4. The summed E-state index contributed by atoms with van der Waals surface area (Å²) in [6.45, 7) is 4.15. The minimum atomic E-state index is -2.90. The molecule has 10 rings (SSSR count). The number of hydrogen-bond acceptors (Lipinski definition) is 11. The van der Waals surface area contributed by atoms with E-state index >= 15 is 0 Å². The molecule has 0 aliphatic carbocycles. The summed E-state index contributed by atoms with van der Waals surface area (Å²) >= 11 is 0. The second-order valence-corrected chi connectivity index (χ2v) is 24.7. The number of benzene rings is 8. The normalized spacial score (nSPS) is 11.8. The molecular weight excluding hydrogens is 1020 g/mol. The monoisotopic (exact) mass is 1080 g/mol. The highest BCUT2D eigenvalue weighted by molar-refractivity contribution is 7.88. The van der Waals surface area contributed by atoms with E-state index in [-0.39, 0.29) is 32.0 Å². The van der Waals surface area contributed by atoms with Crippen LogP contribution in [-0.2, 0) is 25.6 Å². The van der Waals surface area contributed by atoms with Crippen molar-refractivity contribution in [1.29, 1.82) is 0 Å². The highest BCUT2D eigenvalue weighted by Crippen LogP contribution is 2.52. The summed E-state index contributed by atoms with van der Waals surface area (Å²) in [6.07, 6.45) is 1.82. The van der Waals surface area contributed by atoms with Crippen molar-refractivity contribution in [2.75, 3.05) is 25.2 Å². The Morgan fingerprint density at radius 2 is 1.00 bits per heavy atom. The predicted octanol–water partition coefficient (Wildman–Crippen LogP) is 11.4. The number of rotatable bonds is 19. The number of nitrogens with zero attached hydrogens (tertiary/aromatic N) is 6. The smallest absolute Gasteiger partial charge is 0.328 e. The molecule has 0 fully saturated rings. The van der Waals surface area contributed by atoms with Crippen LogP contribution in [0.3, 0.4) is 0 Å². The Morgan fingerprint density at radius 1 is 0.544 bits per heavy atom. The van der Waals surface area contributed by atoms with Crippen LogP contribution in [0.25, 0.3) is 21.8 Å². The molecule has 2 heterocycles. The molecule has 0 unspecified atom stereocenters. The average molecular weight is 1080 g/mol. The number of carbonyl (C=O) groups excluding carboxylic acids is 3. The predicted molar refractivity (Wildman–Crippen MR) is 322 cm³/mol. The maximum absolute atomic E-state index is 14.1. The van der Waals surface area contributed by atoms with Gasteiger partial charge >= 0.3 is 11.9 Å². The molecule has 1 amide bonds. The number of anilines is 1. The molecule has 8 aromatic carbocycles. The number of amides is 1. The van der Waals surface area contributed by atoms with Crippen LogP contribution in [0.15, 0.2) is 240 Å². The third-order valence-electron chi connectivity index (χ3n) is 13.6. The van der Waals surface area contributed by atoms with Crippen LogP contribution in [0.2, 0.25) is 0 Å². The van der Waals surface area contributed by atoms with E-state index in [1.54, 1.807) is 19.9 Å². The van der Waals surface area contributed by atoms with Crippen molar-refractivity contribution in [2.24, 2.45) is 9.49 Å². The first kappa shape index (κ1) is 53.6. The molecule has 0 saturated carbocycles. The van der Waals surface area contributed by atoms with Gasteiger partial charge in [-0.05, 0) is 49.4 Å². The van der Waals surface area contributed by atoms with Crippen LogP contribution in [0.4, 0.5) is 17.5 Å². The largest absolute Gasteiger partial charge is 0.466 e. The summed E-state index contributed by atoms with van der Waals surface area (Å²) in [5.74, 6) is -0.819. The summed E-state index contributed by atoms with van der Waals surface area (Å²) in [6, 6.07) is 75.1. The number of carbonyl (C=O) groups is 3. The van der Waals surface area contributed by atoms with E-state index in [1.165, 1.54) is 0 Å². The molecule has 1 atom stereocenters. The number of hydrogen-bond donors (Lipinski definition) is 1. The topological polar surface area (TPSA) is 148 Å². The van der Waals surface area contributed by atoms with Gasteiger partial charge in [0.2, 0.25) is 0 Å². The van der Waals surface area contributed by atoms with Crippen LogP contribution in [0.1, 0.15) is 42.6 Å². The fourth-order valence-corrected chi connectivity index (χ4v) is 16.9. The van der Waals surface area contributed by atoms with E-state index in [2.05, 4.69) is 162 Å². The zero-order chi connectivity index (χ0) is 54.6. The Kier molecular flexibility index (Phi) is 16.7. The number of pyridine rings is 1. The lowest BCUT2D eigenvalue weighted by atomic mass is 10.0. The third kappa shape index (κ3) is 11.4. The number of esters is 2. The second-order valence-electron chi connectivity index (χ2n) is 18.7. The fourth-order valence-electron chi connectivity index (χ4n) is 10.0. The van der Waals surface area contributed by atoms with Gasteiger partial charge in [0, 0.05) is 74.7 Å². The summed E-state index contributed by atoms with van der Waals surface area (Å²) in [5, 5.41) is 11.3. The van der Waals surface area contributed by atoms with E-state index in [0.29, 0.717) is 34.3 Å². The van der Waals surface area contributed by atoms with E-state index in [1.807, 2.05) is 80.0 Å². The van der Waals surface area contributed by atoms with Gasteiger partial charge in [0.05, 0.1) is 32.7 Å². The van der Waals surface area contributed by atoms with Gasteiger partial charge < -0.3 is 19.7 Å². The van der Waals surface area contributed by atoms with E-state index < -0.39 is 38.0 Å². The SMILES string of the molecule is CCOC(=O)CC[C@H](NC(=O)c1ccc(N(C)Cc2cnc3nc(N=P(c4ccccc4)(c4ccccc4)c4ccccc4)nc(N=P(c4ccccc4)(c4ccccc4)c4ccccc4)c3c2)c2ccccc12)C(=O)OCC. The van der Waals surface area contributed by atoms with Gasteiger partial charge in [0.25, 0.3) is 11.9 Å². The fraction of sp³-hybridized carbons (Fsp3) is 0.138. The van der Waals surface area contributed by atoms with Crippen molar-refractivity contribution in [3.05, 3.63) is 242 Å². The highest BCUT2D eigenvalue weighted by Gasteiger charge is 2.32. The van der Waals surface area contributed by atoms with Gasteiger partial charge in [-0.15, -0.1) is 0 Å². The van der Waals surface area contributed by atoms with E-state index in [0.717, 1.165) is 48.5 Å². The standard InChI is InChI=1S/C65H59N7O5P2/c1-4-76-60(73)43-41-58(64(75)77-5-2)67-63(74)56-40-42-59(55-39-25-24-38-54(55)56)72(3)46-47-44-57-61(66-45-47)68-65(71-79(51-32-18-9-19-33-51,52-34-20-10-21-35-52)53-36-22-11-23-37-53)69-62(57)70-78(48-26-12-6-13-27-48,49-28-14-7-15-29-49)50-30-16-8-17-31-50/h6-40,42,44-45,58H,4-5,41,43,46H2,1-3H3,(H,67,74)/t58-/m0/s1. The molecule has 14 heteroatoms. The van der Waals surface area contributed by atoms with Crippen molar-refractivity contribution < 1.29 is 23.9 Å². The van der Waals surface area contributed by atoms with Crippen LogP contribution in [0, 0.1) is 0 Å². The number of aromatic nitrogens is 3. The van der Waals surface area contributed by atoms with E-state index in [9.17, 15) is 14.4 Å². The van der Waals surface area contributed by atoms with Gasteiger partial charge in [0.1, 0.15) is 6.04 Å². The molecule has 1 N–H and O–H groups in total. The summed E-state index contributed by atoms with van der Waals surface area (Å²) in [7, 11) is -3.75. The minimum absolute atomic E-state index is 0.0305. The van der Waals surface area contributed by atoms with Crippen LogP contribution in [-0.4, -0.2) is 59.1 Å². The zero-order valence-corrected chi connectivity index (χ0v) is 46.0. The van der Waals surface area contributed by atoms with E-state index in [4.69, 9.17) is 33.9 Å². The molecular formula is C65H59N7O5P2. The summed E-state index contributed by atoms with van der Waals surface area (Å²) in [5.41, 5.74) is 2.54. The van der Waals surface area contributed by atoms with Gasteiger partial charge in [-0.1, -0.05) is 206 Å². The van der Waals surface area contributed by atoms with Gasteiger partial charge in [-0.3, -0.25) is 9.59 Å². The molecule has 10 aromatic rings. The first-order valence-corrected chi connectivity index (χ1v) is 29.8. The lowest BCUT2D eigenvalue weighted by molar-refractivity contribution is -0.146. The second kappa shape index (κ2) is 24.7. The van der Waals surface area contributed by atoms with Crippen molar-refractivity contribution in [2.45, 2.75) is 39.3 Å². The lowest BCUT2D eigenvalue weighted by Gasteiger charge is -2.27. The Bertz CT molecular complexity index is 3670. The average Bonchev–Trinajstić information content (AvgIpc) is 3.66. The number of nitrogens with one attached hydrogen (secondary N) is 1. The Balaban J connectivity index is 1.14. The molecule has 2 aromatic heterocycles. The molecule has 0 saturated heterocycles. The number of fused-ring (bicyclic) bond motifs is 2. The molecule has 0 radical (unpaired) electrons. The maximum Gasteiger partial charge on any atom is 0.328 e. The van der Waals surface area contributed by atoms with Gasteiger partial charge in [-0.2, -0.15) is 9.97 Å². The molecule has 79 heavy (non-hydrogen) atoms. The van der Waals surface area contributed by atoms with Crippen LogP contribution in [0.5, 0.6) is 0 Å². The van der Waals surface area contributed by atoms with Crippen molar-refractivity contribution >= 4 is 103 Å². The first-order chi connectivity index (χ1) is 38.7. The zero-order valence-electron chi connectivity index (χ0n) is 44.2. The van der Waals surface area contributed by atoms with Crippen LogP contribution < -0.4 is 42.0 Å². The van der Waals surface area contributed by atoms with Crippen molar-refractivity contribution in [3.63, 3.8) is 0 Å². The summed E-state index contributed by atoms with van der Waals surface area (Å²) < 4.78 is 22.2. The molecule has 394 valence electrons. The molecule has 0 aliphatic heterocycles. The number of ether oxygens (including phenoxy) is 2. The molecule has 0 aliphatic rings. The van der Waals surface area contributed by atoms with Crippen molar-refractivity contribution in [1.82, 2.24) is 20.3 Å². The minimum Gasteiger partial charge on any atom is -0.466 e. The van der Waals surface area contributed by atoms with Crippen LogP contribution >= 0.6 is 14.1 Å². The maximum atomic E-state index is 14.1. The molecule has 12 nitrogen and oxygen atoms in total. The highest BCUT2D eigenvalue weighted by atomic mass is 31.2. The lowest BCUT2D eigenvalue weighted by Crippen LogP contribution is -2.42. The Morgan fingerprint density at radius 3 is 1.48 bits per heavy atom. The quantitative estimate of drug-likeness (QED) is 0.0617. The molecule has 0 spiro atoms. The van der Waals surface area contributed by atoms with Gasteiger partial charge in [-0.25, -0.2) is 19.3 Å². The van der Waals surface area contributed by atoms with Gasteiger partial charge in [0.15, 0.2) is 11.5 Å². The first-order valence-electron chi connectivity index (χ1n) is 26.3. The molecule has 0 bridgehead atoms. The Hall–Kier alpha value is -8.82. The van der Waals surface area contributed by atoms with Crippen molar-refractivity contribution in [3.8, 4) is 0 Å². The Labute approximate surface area is 460 Å². The third-order valence-corrected chi connectivity index (χ3v) is 20.9.